The third-order valence-electron chi connectivity index (χ3n) is 12.6. The first-order chi connectivity index (χ1) is 29.1. The largest absolute Gasteiger partial charge is 0.456 e. The number of aromatic nitrogens is 3. The van der Waals surface area contributed by atoms with E-state index in [0.29, 0.717) is 12.4 Å². The van der Waals surface area contributed by atoms with Gasteiger partial charge in [-0.3, -0.25) is 9.55 Å². The molecular weight excluding hydrogens is 735 g/mol. The molecule has 0 fully saturated rings. The topological polar surface area (TPSA) is 46.4 Å². The number of rotatable bonds is 6. The standard InChI is InChI=1S/C54H45N5O/c1-53(2,3)36-27-28-56-50(29-36)59-46-20-12-10-17-41(46)42-24-23-38(31-49(42)59)60-39-30-37(32-55-33-39)57-34-58(48-22-14-13-21-47(48)57)52-40(35-15-7-6-8-16-35)25-26-45-51(52)43-18-9-11-19-44(43)54(45,4)5/h6-33H,34H2,1-5H3. The van der Waals surface area contributed by atoms with Crippen molar-refractivity contribution in [2.75, 3.05) is 16.5 Å². The molecule has 3 aromatic heterocycles. The number of hydrogen-bond acceptors (Lipinski definition) is 5. The summed E-state index contributed by atoms with van der Waals surface area (Å²) in [4.78, 5) is 14.5. The number of anilines is 4. The molecule has 0 amide bonds. The minimum Gasteiger partial charge on any atom is -0.456 e. The van der Waals surface area contributed by atoms with Crippen molar-refractivity contribution in [3.63, 3.8) is 0 Å². The van der Waals surface area contributed by atoms with E-state index in [1.165, 1.54) is 50.0 Å². The molecule has 0 N–H and O–H groups in total. The summed E-state index contributed by atoms with van der Waals surface area (Å²) in [6.07, 6.45) is 5.65. The summed E-state index contributed by atoms with van der Waals surface area (Å²) in [6.45, 7) is 12.0. The molecule has 0 saturated heterocycles. The summed E-state index contributed by atoms with van der Waals surface area (Å²) in [5.41, 5.74) is 15.4. The lowest BCUT2D eigenvalue weighted by atomic mass is 9.82. The van der Waals surface area contributed by atoms with Crippen LogP contribution in [0.2, 0.25) is 0 Å². The third-order valence-corrected chi connectivity index (χ3v) is 12.6. The minimum atomic E-state index is -0.130. The van der Waals surface area contributed by atoms with Crippen LogP contribution in [-0.4, -0.2) is 21.2 Å². The van der Waals surface area contributed by atoms with Gasteiger partial charge in [-0.15, -0.1) is 0 Å². The molecule has 292 valence electrons. The van der Waals surface area contributed by atoms with Crippen molar-refractivity contribution in [3.05, 3.63) is 187 Å². The second kappa shape index (κ2) is 13.4. The predicted molar refractivity (Wildman–Crippen MR) is 247 cm³/mol. The van der Waals surface area contributed by atoms with Gasteiger partial charge in [0.15, 0.2) is 0 Å². The van der Waals surface area contributed by atoms with Crippen LogP contribution in [0.1, 0.15) is 51.3 Å². The second-order valence-corrected chi connectivity index (χ2v) is 17.6. The normalized spacial score (nSPS) is 14.1. The molecule has 1 aliphatic carbocycles. The van der Waals surface area contributed by atoms with Crippen molar-refractivity contribution in [3.8, 4) is 39.6 Å². The maximum Gasteiger partial charge on any atom is 0.147 e. The lowest BCUT2D eigenvalue weighted by molar-refractivity contribution is 0.481. The quantitative estimate of drug-likeness (QED) is 0.168. The maximum atomic E-state index is 6.71. The van der Waals surface area contributed by atoms with E-state index in [1.54, 1.807) is 6.20 Å². The van der Waals surface area contributed by atoms with E-state index in [4.69, 9.17) is 14.7 Å². The molecule has 2 aliphatic rings. The number of fused-ring (bicyclic) bond motifs is 7. The van der Waals surface area contributed by atoms with E-state index in [1.807, 2.05) is 12.4 Å². The van der Waals surface area contributed by atoms with Gasteiger partial charge in [0.25, 0.3) is 0 Å². The molecule has 0 spiro atoms. The van der Waals surface area contributed by atoms with Gasteiger partial charge < -0.3 is 14.5 Å². The van der Waals surface area contributed by atoms with Crippen molar-refractivity contribution in [2.24, 2.45) is 0 Å². The summed E-state index contributed by atoms with van der Waals surface area (Å²) in [5.74, 6) is 2.28. The van der Waals surface area contributed by atoms with Crippen LogP contribution in [0.5, 0.6) is 11.5 Å². The van der Waals surface area contributed by atoms with Crippen molar-refractivity contribution in [1.82, 2.24) is 14.5 Å². The summed E-state index contributed by atoms with van der Waals surface area (Å²) < 4.78 is 8.96. The zero-order chi connectivity index (χ0) is 40.8. The lowest BCUT2D eigenvalue weighted by Crippen LogP contribution is -2.25. The van der Waals surface area contributed by atoms with Gasteiger partial charge in [-0.25, -0.2) is 4.98 Å². The Morgan fingerprint density at radius 1 is 0.600 bits per heavy atom. The smallest absolute Gasteiger partial charge is 0.147 e. The van der Waals surface area contributed by atoms with Crippen molar-refractivity contribution in [2.45, 2.75) is 45.4 Å². The van der Waals surface area contributed by atoms with Gasteiger partial charge in [-0.1, -0.05) is 132 Å². The molecule has 11 rings (SSSR count). The van der Waals surface area contributed by atoms with Crippen LogP contribution in [0.25, 0.3) is 49.9 Å². The van der Waals surface area contributed by atoms with E-state index >= 15 is 0 Å². The van der Waals surface area contributed by atoms with Crippen LogP contribution in [-0.2, 0) is 10.8 Å². The number of ether oxygens (including phenoxy) is 1. The molecule has 0 bridgehead atoms. The van der Waals surface area contributed by atoms with Gasteiger partial charge in [0, 0.05) is 45.6 Å². The zero-order valence-corrected chi connectivity index (χ0v) is 34.5. The fourth-order valence-corrected chi connectivity index (χ4v) is 9.55. The number of nitrogens with zero attached hydrogens (tertiary/aromatic N) is 5. The van der Waals surface area contributed by atoms with Crippen LogP contribution in [0.3, 0.4) is 0 Å². The summed E-state index contributed by atoms with van der Waals surface area (Å²) in [6, 6.07) is 54.4. The van der Waals surface area contributed by atoms with Gasteiger partial charge in [-0.05, 0) is 75.7 Å². The molecule has 1 aliphatic heterocycles. The number of benzene rings is 6. The zero-order valence-electron chi connectivity index (χ0n) is 34.5. The first kappa shape index (κ1) is 35.9. The minimum absolute atomic E-state index is 0.0106. The van der Waals surface area contributed by atoms with E-state index < -0.39 is 0 Å². The van der Waals surface area contributed by atoms with Crippen LogP contribution in [0.15, 0.2) is 170 Å². The molecule has 0 unspecified atom stereocenters. The average Bonchev–Trinajstić information content (AvgIpc) is 3.89. The van der Waals surface area contributed by atoms with Crippen molar-refractivity contribution >= 4 is 44.6 Å². The van der Waals surface area contributed by atoms with E-state index in [-0.39, 0.29) is 10.8 Å². The van der Waals surface area contributed by atoms with E-state index in [2.05, 4.69) is 201 Å². The highest BCUT2D eigenvalue weighted by Crippen LogP contribution is 2.57. The molecule has 6 nitrogen and oxygen atoms in total. The van der Waals surface area contributed by atoms with Crippen molar-refractivity contribution in [1.29, 1.82) is 0 Å². The van der Waals surface area contributed by atoms with Crippen LogP contribution >= 0.6 is 0 Å². The summed E-state index contributed by atoms with van der Waals surface area (Å²) >= 11 is 0. The molecule has 9 aromatic rings. The van der Waals surface area contributed by atoms with Gasteiger partial charge in [0.1, 0.15) is 24.0 Å². The molecule has 60 heavy (non-hydrogen) atoms. The van der Waals surface area contributed by atoms with Crippen molar-refractivity contribution < 1.29 is 4.74 Å². The molecule has 0 saturated carbocycles. The fourth-order valence-electron chi connectivity index (χ4n) is 9.55. The van der Waals surface area contributed by atoms with Crippen LogP contribution < -0.4 is 14.5 Å². The number of para-hydroxylation sites is 3. The monoisotopic (exact) mass is 779 g/mol. The fraction of sp³-hybridized carbons (Fsp3) is 0.148. The Kier molecular flexibility index (Phi) is 8.05. The average molecular weight is 780 g/mol. The first-order valence-corrected chi connectivity index (χ1v) is 20.7. The predicted octanol–water partition coefficient (Wildman–Crippen LogP) is 13.9. The van der Waals surface area contributed by atoms with Crippen LogP contribution in [0.4, 0.5) is 22.7 Å². The maximum absolute atomic E-state index is 6.71. The highest BCUT2D eigenvalue weighted by Gasteiger charge is 2.40. The Morgan fingerprint density at radius 2 is 1.33 bits per heavy atom. The second-order valence-electron chi connectivity index (χ2n) is 17.6. The summed E-state index contributed by atoms with van der Waals surface area (Å²) in [5, 5.41) is 2.32. The Hall–Kier alpha value is -7.18. The molecule has 6 aromatic carbocycles. The van der Waals surface area contributed by atoms with Gasteiger partial charge >= 0.3 is 0 Å². The SMILES string of the molecule is CC(C)(C)c1ccnc(-n2c3ccccc3c3ccc(Oc4cncc(N5CN(c6c(-c7ccccc7)ccc7c6-c6ccccc6C7(C)C)c6ccccc65)c4)cc32)c1. The highest BCUT2D eigenvalue weighted by atomic mass is 16.5. The van der Waals surface area contributed by atoms with E-state index in [0.717, 1.165) is 45.0 Å². The lowest BCUT2D eigenvalue weighted by Gasteiger charge is -2.28. The molecule has 0 atom stereocenters. The first-order valence-electron chi connectivity index (χ1n) is 20.7. The van der Waals surface area contributed by atoms with Gasteiger partial charge in [-0.2, -0.15) is 0 Å². The Bertz CT molecular complexity index is 3140. The van der Waals surface area contributed by atoms with Gasteiger partial charge in [0.2, 0.25) is 0 Å². The number of pyridine rings is 2. The molecule has 0 radical (unpaired) electrons. The third kappa shape index (κ3) is 5.62. The molecule has 4 heterocycles. The molecular formula is C54H45N5O. The van der Waals surface area contributed by atoms with E-state index in [9.17, 15) is 0 Å². The van der Waals surface area contributed by atoms with Gasteiger partial charge in [0.05, 0.1) is 46.2 Å². The summed E-state index contributed by atoms with van der Waals surface area (Å²) in [7, 11) is 0. The Labute approximate surface area is 351 Å². The highest BCUT2D eigenvalue weighted by molar-refractivity contribution is 6.09. The number of hydrogen-bond donors (Lipinski definition) is 0. The molecule has 6 heteroatoms. The Morgan fingerprint density at radius 3 is 2.17 bits per heavy atom. The van der Waals surface area contributed by atoms with Crippen LogP contribution in [0, 0.1) is 0 Å². The Balaban J connectivity index is 0.994.